The van der Waals surface area contributed by atoms with E-state index in [4.69, 9.17) is 23.2 Å². The first kappa shape index (κ1) is 24.4. The van der Waals surface area contributed by atoms with Crippen LogP contribution in [0.2, 0.25) is 10.0 Å². The normalized spacial score (nSPS) is 15.0. The number of nitrogens with one attached hydrogen (secondary N) is 2. The largest absolute Gasteiger partial charge is 0.507 e. The van der Waals surface area contributed by atoms with Gasteiger partial charge in [-0.25, -0.2) is 0 Å². The van der Waals surface area contributed by atoms with Crippen LogP contribution in [0.1, 0.15) is 37.0 Å². The summed E-state index contributed by atoms with van der Waals surface area (Å²) in [5, 5.41) is 16.8. The molecular weight excluding hydrogens is 449 g/mol. The zero-order valence-electron chi connectivity index (χ0n) is 18.3. The fourth-order valence-electron chi connectivity index (χ4n) is 3.79. The fraction of sp³-hybridized carbons (Fsp3) is 0.417. The Hall–Kier alpha value is -2.28. The molecule has 172 valence electrons. The summed E-state index contributed by atoms with van der Waals surface area (Å²) in [7, 11) is 0. The molecule has 6 nitrogen and oxygen atoms in total. The van der Waals surface area contributed by atoms with E-state index < -0.39 is 6.04 Å². The number of carbonyl (C=O) groups excluding carboxylic acids is 2. The Balaban J connectivity index is 1.69. The van der Waals surface area contributed by atoms with Crippen LogP contribution >= 0.6 is 23.2 Å². The van der Waals surface area contributed by atoms with Crippen LogP contribution in [0.5, 0.6) is 5.75 Å². The van der Waals surface area contributed by atoms with Crippen molar-refractivity contribution >= 4 is 35.0 Å². The number of carbonyl (C=O) groups is 2. The van der Waals surface area contributed by atoms with Gasteiger partial charge in [0.2, 0.25) is 5.91 Å². The van der Waals surface area contributed by atoms with E-state index in [1.165, 1.54) is 25.0 Å². The Labute approximate surface area is 198 Å². The lowest BCUT2D eigenvalue weighted by atomic mass is 10.00. The summed E-state index contributed by atoms with van der Waals surface area (Å²) in [4.78, 5) is 28.0. The summed E-state index contributed by atoms with van der Waals surface area (Å²) in [6.45, 7) is 7.30. The molecule has 0 radical (unpaired) electrons. The number of halogens is 2. The zero-order chi connectivity index (χ0) is 23.3. The average Bonchev–Trinajstić information content (AvgIpc) is 3.27. The Morgan fingerprint density at radius 1 is 1.06 bits per heavy atom. The van der Waals surface area contributed by atoms with Gasteiger partial charge in [-0.05, 0) is 67.7 Å². The molecule has 1 aliphatic heterocycles. The van der Waals surface area contributed by atoms with Gasteiger partial charge in [0.15, 0.2) is 0 Å². The van der Waals surface area contributed by atoms with Crippen molar-refractivity contribution in [2.45, 2.75) is 32.7 Å². The molecule has 32 heavy (non-hydrogen) atoms. The first-order valence-corrected chi connectivity index (χ1v) is 11.6. The van der Waals surface area contributed by atoms with E-state index in [9.17, 15) is 14.7 Å². The molecule has 0 unspecified atom stereocenters. The van der Waals surface area contributed by atoms with E-state index in [2.05, 4.69) is 15.5 Å². The average molecular weight is 478 g/mol. The smallest absolute Gasteiger partial charge is 0.251 e. The van der Waals surface area contributed by atoms with E-state index in [0.717, 1.165) is 19.6 Å². The van der Waals surface area contributed by atoms with Crippen molar-refractivity contribution in [2.24, 2.45) is 5.92 Å². The van der Waals surface area contributed by atoms with E-state index in [1.807, 2.05) is 13.8 Å². The summed E-state index contributed by atoms with van der Waals surface area (Å²) in [5.41, 5.74) is 1.42. The van der Waals surface area contributed by atoms with Crippen LogP contribution in [0.4, 0.5) is 0 Å². The van der Waals surface area contributed by atoms with Crippen LogP contribution in [0, 0.1) is 5.92 Å². The number of likely N-dealkylation sites (tertiary alicyclic amines) is 1. The van der Waals surface area contributed by atoms with Crippen LogP contribution < -0.4 is 10.6 Å². The van der Waals surface area contributed by atoms with Crippen molar-refractivity contribution in [3.63, 3.8) is 0 Å². The Morgan fingerprint density at radius 2 is 1.78 bits per heavy atom. The number of amides is 2. The van der Waals surface area contributed by atoms with Gasteiger partial charge in [0.1, 0.15) is 11.8 Å². The summed E-state index contributed by atoms with van der Waals surface area (Å²) >= 11 is 12.1. The van der Waals surface area contributed by atoms with Gasteiger partial charge in [-0.15, -0.1) is 0 Å². The number of hydrogen-bond acceptors (Lipinski definition) is 4. The second kappa shape index (κ2) is 11.0. The second-order valence-corrected chi connectivity index (χ2v) is 9.21. The van der Waals surface area contributed by atoms with Crippen LogP contribution in [0.15, 0.2) is 36.4 Å². The number of phenolic OH excluding ortho intramolecular Hbond substituents is 1. The van der Waals surface area contributed by atoms with Gasteiger partial charge in [-0.2, -0.15) is 0 Å². The molecule has 0 aromatic heterocycles. The maximum absolute atomic E-state index is 12.9. The highest BCUT2D eigenvalue weighted by molar-refractivity contribution is 6.42. The highest BCUT2D eigenvalue weighted by Gasteiger charge is 2.25. The predicted octanol–water partition coefficient (Wildman–Crippen LogP) is 4.33. The van der Waals surface area contributed by atoms with Gasteiger partial charge in [0.25, 0.3) is 5.91 Å². The Bertz CT molecular complexity index is 975. The van der Waals surface area contributed by atoms with Crippen molar-refractivity contribution in [3.8, 4) is 16.9 Å². The minimum absolute atomic E-state index is 0.0139. The number of hydrogen-bond donors (Lipinski definition) is 3. The highest BCUT2D eigenvalue weighted by Crippen LogP contribution is 2.34. The van der Waals surface area contributed by atoms with Crippen molar-refractivity contribution in [1.29, 1.82) is 0 Å². The number of rotatable bonds is 8. The zero-order valence-corrected chi connectivity index (χ0v) is 19.8. The topological polar surface area (TPSA) is 81.7 Å². The molecule has 1 atom stereocenters. The third kappa shape index (κ3) is 6.15. The monoisotopic (exact) mass is 477 g/mol. The predicted molar refractivity (Wildman–Crippen MR) is 128 cm³/mol. The first-order valence-electron chi connectivity index (χ1n) is 10.9. The molecule has 3 N–H and O–H groups in total. The Kier molecular flexibility index (Phi) is 8.40. The lowest BCUT2D eigenvalue weighted by molar-refractivity contribution is -0.124. The van der Waals surface area contributed by atoms with E-state index in [0.29, 0.717) is 33.3 Å². The van der Waals surface area contributed by atoms with Gasteiger partial charge in [-0.3, -0.25) is 9.59 Å². The van der Waals surface area contributed by atoms with E-state index in [1.54, 1.807) is 24.3 Å². The van der Waals surface area contributed by atoms with Crippen molar-refractivity contribution < 1.29 is 14.7 Å². The van der Waals surface area contributed by atoms with Gasteiger partial charge in [0, 0.05) is 24.2 Å². The highest BCUT2D eigenvalue weighted by atomic mass is 35.5. The van der Waals surface area contributed by atoms with Crippen molar-refractivity contribution in [3.05, 3.63) is 52.0 Å². The van der Waals surface area contributed by atoms with Crippen LogP contribution in [0.3, 0.4) is 0 Å². The maximum atomic E-state index is 12.9. The summed E-state index contributed by atoms with van der Waals surface area (Å²) < 4.78 is 0. The van der Waals surface area contributed by atoms with Gasteiger partial charge < -0.3 is 20.6 Å². The lowest BCUT2D eigenvalue weighted by Gasteiger charge is -2.23. The molecule has 1 aliphatic rings. The number of aromatic hydroxyl groups is 1. The fourth-order valence-corrected chi connectivity index (χ4v) is 4.08. The summed E-state index contributed by atoms with van der Waals surface area (Å²) in [6, 6.07) is 8.87. The molecule has 0 spiro atoms. The molecule has 2 aromatic carbocycles. The van der Waals surface area contributed by atoms with E-state index in [-0.39, 0.29) is 23.5 Å². The maximum Gasteiger partial charge on any atom is 0.251 e. The summed E-state index contributed by atoms with van der Waals surface area (Å²) in [6.07, 6.45) is 2.41. The molecule has 1 saturated heterocycles. The van der Waals surface area contributed by atoms with Crippen LogP contribution in [0.25, 0.3) is 11.1 Å². The molecule has 1 fully saturated rings. The lowest BCUT2D eigenvalue weighted by Crippen LogP contribution is -2.50. The van der Waals surface area contributed by atoms with Gasteiger partial charge >= 0.3 is 0 Å². The first-order chi connectivity index (χ1) is 15.3. The number of nitrogens with zero attached hydrogens (tertiary/aromatic N) is 1. The van der Waals surface area contributed by atoms with E-state index >= 15 is 0 Å². The third-order valence-corrected chi connectivity index (χ3v) is 6.39. The molecule has 2 amide bonds. The number of benzene rings is 2. The molecule has 0 saturated carbocycles. The molecule has 8 heteroatoms. The second-order valence-electron chi connectivity index (χ2n) is 8.40. The molecule has 0 aliphatic carbocycles. The third-order valence-electron chi connectivity index (χ3n) is 5.65. The minimum atomic E-state index is -0.664. The van der Waals surface area contributed by atoms with Crippen molar-refractivity contribution in [2.75, 3.05) is 26.2 Å². The summed E-state index contributed by atoms with van der Waals surface area (Å²) in [5.74, 6) is -0.659. The quantitative estimate of drug-likeness (QED) is 0.528. The SMILES string of the molecule is CC(C)[C@H](NC(=O)c1ccc(O)c(-c2ccc(Cl)c(Cl)c2)c1)C(=O)NCCN1CCCC1. The van der Waals surface area contributed by atoms with Crippen LogP contribution in [-0.4, -0.2) is 54.0 Å². The van der Waals surface area contributed by atoms with Crippen molar-refractivity contribution in [1.82, 2.24) is 15.5 Å². The molecule has 2 aromatic rings. The molecule has 0 bridgehead atoms. The molecular formula is C24H29Cl2N3O3. The molecule has 3 rings (SSSR count). The molecule has 1 heterocycles. The number of phenols is 1. The van der Waals surface area contributed by atoms with Gasteiger partial charge in [0.05, 0.1) is 10.0 Å². The minimum Gasteiger partial charge on any atom is -0.507 e. The van der Waals surface area contributed by atoms with Crippen LogP contribution in [-0.2, 0) is 4.79 Å². The standard InChI is InChI=1S/C24H29Cl2N3O3/c1-15(2)22(24(32)27-9-12-29-10-3-4-11-29)28-23(31)17-6-8-21(30)18(13-17)16-5-7-19(25)20(26)14-16/h5-8,13-15,22,30H,3-4,9-12H2,1-2H3,(H,27,32)(H,28,31)/t22-/m0/s1. The Morgan fingerprint density at radius 3 is 2.44 bits per heavy atom. The van der Waals surface area contributed by atoms with Gasteiger partial charge in [-0.1, -0.05) is 43.1 Å².